The standard InChI is InChI=1S/C10H16O/c1-4-7-10(11)8-9(5-2)6-3/h4-5,9H,1-2,6-8H2,3H3. The van der Waals surface area contributed by atoms with E-state index in [0.717, 1.165) is 6.42 Å². The lowest BCUT2D eigenvalue weighted by Gasteiger charge is -2.06. The zero-order chi connectivity index (χ0) is 8.69. The van der Waals surface area contributed by atoms with E-state index in [1.807, 2.05) is 6.08 Å². The highest BCUT2D eigenvalue weighted by molar-refractivity contribution is 5.80. The minimum Gasteiger partial charge on any atom is -0.299 e. The Kier molecular flexibility index (Phi) is 5.44. The summed E-state index contributed by atoms with van der Waals surface area (Å²) < 4.78 is 0. The molecule has 0 saturated carbocycles. The summed E-state index contributed by atoms with van der Waals surface area (Å²) in [6.45, 7) is 9.24. The monoisotopic (exact) mass is 152 g/mol. The minimum atomic E-state index is 0.256. The molecular weight excluding hydrogens is 136 g/mol. The van der Waals surface area contributed by atoms with Gasteiger partial charge in [0.15, 0.2) is 0 Å². The van der Waals surface area contributed by atoms with Gasteiger partial charge in [-0.1, -0.05) is 19.1 Å². The van der Waals surface area contributed by atoms with E-state index in [9.17, 15) is 4.79 Å². The Hall–Kier alpha value is -0.850. The summed E-state index contributed by atoms with van der Waals surface area (Å²) in [6.07, 6.45) is 5.60. The first kappa shape index (κ1) is 10.2. The highest BCUT2D eigenvalue weighted by Crippen LogP contribution is 2.10. The van der Waals surface area contributed by atoms with Gasteiger partial charge in [-0.2, -0.15) is 0 Å². The van der Waals surface area contributed by atoms with Crippen LogP contribution in [0.15, 0.2) is 25.3 Å². The summed E-state index contributed by atoms with van der Waals surface area (Å²) in [5.41, 5.74) is 0. The number of allylic oxidation sites excluding steroid dienone is 2. The van der Waals surface area contributed by atoms with Crippen LogP contribution in [0, 0.1) is 5.92 Å². The lowest BCUT2D eigenvalue weighted by Crippen LogP contribution is -2.03. The Balaban J connectivity index is 3.70. The molecule has 0 aromatic heterocycles. The summed E-state index contributed by atoms with van der Waals surface area (Å²) in [5.74, 6) is 0.606. The number of Topliss-reactive ketones (excluding diaryl/α,β-unsaturated/α-hetero) is 1. The fraction of sp³-hybridized carbons (Fsp3) is 0.500. The van der Waals surface area contributed by atoms with Gasteiger partial charge in [-0.15, -0.1) is 13.2 Å². The molecule has 0 heterocycles. The normalized spacial score (nSPS) is 12.1. The second-order valence-electron chi connectivity index (χ2n) is 2.64. The van der Waals surface area contributed by atoms with Crippen LogP contribution in [0.5, 0.6) is 0 Å². The zero-order valence-electron chi connectivity index (χ0n) is 7.18. The molecule has 0 N–H and O–H groups in total. The third kappa shape index (κ3) is 4.54. The lowest BCUT2D eigenvalue weighted by atomic mass is 9.99. The molecule has 0 aliphatic heterocycles. The van der Waals surface area contributed by atoms with Crippen molar-refractivity contribution >= 4 is 5.78 Å². The van der Waals surface area contributed by atoms with Gasteiger partial charge < -0.3 is 0 Å². The van der Waals surface area contributed by atoms with E-state index < -0.39 is 0 Å². The molecule has 0 aromatic rings. The Morgan fingerprint density at radius 3 is 2.55 bits per heavy atom. The molecule has 11 heavy (non-hydrogen) atoms. The summed E-state index contributed by atoms with van der Waals surface area (Å²) >= 11 is 0. The van der Waals surface area contributed by atoms with Gasteiger partial charge in [-0.25, -0.2) is 0 Å². The third-order valence-corrected chi connectivity index (χ3v) is 1.72. The maximum absolute atomic E-state index is 11.1. The molecule has 1 atom stereocenters. The minimum absolute atomic E-state index is 0.256. The molecule has 0 aromatic carbocycles. The van der Waals surface area contributed by atoms with Gasteiger partial charge in [0.05, 0.1) is 0 Å². The van der Waals surface area contributed by atoms with Crippen molar-refractivity contribution in [3.63, 3.8) is 0 Å². The van der Waals surface area contributed by atoms with Gasteiger partial charge in [-0.05, 0) is 12.3 Å². The van der Waals surface area contributed by atoms with Gasteiger partial charge >= 0.3 is 0 Å². The molecule has 1 heteroatoms. The van der Waals surface area contributed by atoms with Crippen molar-refractivity contribution in [1.29, 1.82) is 0 Å². The molecule has 0 aliphatic carbocycles. The topological polar surface area (TPSA) is 17.1 Å². The molecular formula is C10H16O. The Labute approximate surface area is 68.8 Å². The molecule has 0 aliphatic rings. The van der Waals surface area contributed by atoms with Gasteiger partial charge in [0.1, 0.15) is 5.78 Å². The lowest BCUT2D eigenvalue weighted by molar-refractivity contribution is -0.118. The van der Waals surface area contributed by atoms with Crippen LogP contribution in [0.4, 0.5) is 0 Å². The molecule has 0 radical (unpaired) electrons. The van der Waals surface area contributed by atoms with Crippen LogP contribution in [0.1, 0.15) is 26.2 Å². The van der Waals surface area contributed by atoms with Gasteiger partial charge in [0.25, 0.3) is 0 Å². The molecule has 0 saturated heterocycles. The number of rotatable bonds is 6. The van der Waals surface area contributed by atoms with E-state index in [2.05, 4.69) is 20.1 Å². The fourth-order valence-corrected chi connectivity index (χ4v) is 0.931. The number of ketones is 1. The highest BCUT2D eigenvalue weighted by atomic mass is 16.1. The predicted octanol–water partition coefficient (Wildman–Crippen LogP) is 2.73. The van der Waals surface area contributed by atoms with Crippen molar-refractivity contribution in [2.75, 3.05) is 0 Å². The largest absolute Gasteiger partial charge is 0.299 e. The molecule has 1 unspecified atom stereocenters. The van der Waals surface area contributed by atoms with E-state index >= 15 is 0 Å². The average Bonchev–Trinajstić information content (AvgIpc) is 2.01. The summed E-state index contributed by atoms with van der Waals surface area (Å²) in [4.78, 5) is 11.1. The Morgan fingerprint density at radius 2 is 2.18 bits per heavy atom. The van der Waals surface area contributed by atoms with Crippen LogP contribution in [0.3, 0.4) is 0 Å². The Morgan fingerprint density at radius 1 is 1.55 bits per heavy atom. The number of carbonyl (C=O) groups is 1. The number of carbonyl (C=O) groups excluding carboxylic acids is 1. The van der Waals surface area contributed by atoms with Crippen molar-refractivity contribution in [3.05, 3.63) is 25.3 Å². The summed E-state index contributed by atoms with van der Waals surface area (Å²) in [6, 6.07) is 0. The molecule has 0 bridgehead atoms. The van der Waals surface area contributed by atoms with E-state index in [1.54, 1.807) is 6.08 Å². The van der Waals surface area contributed by atoms with Crippen molar-refractivity contribution < 1.29 is 4.79 Å². The Bertz CT molecular complexity index is 147. The first-order valence-corrected chi connectivity index (χ1v) is 3.99. The quantitative estimate of drug-likeness (QED) is 0.535. The van der Waals surface area contributed by atoms with Crippen LogP contribution in [0.2, 0.25) is 0 Å². The molecule has 0 amide bonds. The van der Waals surface area contributed by atoms with E-state index in [1.165, 1.54) is 0 Å². The second-order valence-corrected chi connectivity index (χ2v) is 2.64. The van der Waals surface area contributed by atoms with Crippen molar-refractivity contribution in [2.45, 2.75) is 26.2 Å². The van der Waals surface area contributed by atoms with Gasteiger partial charge in [-0.3, -0.25) is 4.79 Å². The fourth-order valence-electron chi connectivity index (χ4n) is 0.931. The smallest absolute Gasteiger partial charge is 0.137 e. The molecule has 1 nitrogen and oxygen atoms in total. The van der Waals surface area contributed by atoms with Crippen LogP contribution in [0.25, 0.3) is 0 Å². The van der Waals surface area contributed by atoms with Crippen molar-refractivity contribution in [1.82, 2.24) is 0 Å². The SMILES string of the molecule is C=CCC(=O)CC(C=C)CC. The predicted molar refractivity (Wildman–Crippen MR) is 48.4 cm³/mol. The molecule has 0 fully saturated rings. The number of hydrogen-bond donors (Lipinski definition) is 0. The maximum Gasteiger partial charge on any atom is 0.137 e. The van der Waals surface area contributed by atoms with Crippen molar-refractivity contribution in [2.24, 2.45) is 5.92 Å². The first-order valence-electron chi connectivity index (χ1n) is 3.99. The van der Waals surface area contributed by atoms with E-state index in [4.69, 9.17) is 0 Å². The summed E-state index contributed by atoms with van der Waals surface area (Å²) in [5, 5.41) is 0. The average molecular weight is 152 g/mol. The van der Waals surface area contributed by atoms with Crippen LogP contribution in [-0.4, -0.2) is 5.78 Å². The molecule has 0 rings (SSSR count). The highest BCUT2D eigenvalue weighted by Gasteiger charge is 2.06. The maximum atomic E-state index is 11.1. The van der Waals surface area contributed by atoms with Crippen LogP contribution >= 0.6 is 0 Å². The second kappa shape index (κ2) is 5.90. The van der Waals surface area contributed by atoms with E-state index in [-0.39, 0.29) is 5.78 Å². The third-order valence-electron chi connectivity index (χ3n) is 1.72. The van der Waals surface area contributed by atoms with Gasteiger partial charge in [0.2, 0.25) is 0 Å². The van der Waals surface area contributed by atoms with Gasteiger partial charge in [0, 0.05) is 12.8 Å². The first-order chi connectivity index (χ1) is 5.24. The van der Waals surface area contributed by atoms with E-state index in [0.29, 0.717) is 18.8 Å². The van der Waals surface area contributed by atoms with Crippen LogP contribution < -0.4 is 0 Å². The zero-order valence-corrected chi connectivity index (χ0v) is 7.18. The van der Waals surface area contributed by atoms with Crippen LogP contribution in [-0.2, 0) is 4.79 Å². The molecule has 0 spiro atoms. The number of hydrogen-bond acceptors (Lipinski definition) is 1. The summed E-state index contributed by atoms with van der Waals surface area (Å²) in [7, 11) is 0. The molecule has 62 valence electrons. The van der Waals surface area contributed by atoms with Crippen molar-refractivity contribution in [3.8, 4) is 0 Å².